The van der Waals surface area contributed by atoms with E-state index in [1.807, 2.05) is 6.08 Å². The summed E-state index contributed by atoms with van der Waals surface area (Å²) in [6.45, 7) is 5.86. The smallest absolute Gasteiger partial charge is 0.306 e. The van der Waals surface area contributed by atoms with Crippen LogP contribution < -0.4 is 5.32 Å². The molecular formula is C78H149NO10. The van der Waals surface area contributed by atoms with Gasteiger partial charge in [0.2, 0.25) is 5.91 Å². The second kappa shape index (κ2) is 66.2. The van der Waals surface area contributed by atoms with Crippen molar-refractivity contribution in [3.63, 3.8) is 0 Å². The standard InChI is InChI=1S/C78H149NO10/c1-4-7-10-13-16-19-22-24-26-28-30-32-34-35-36-37-38-40-42-44-46-48-51-54-57-60-63-66-73(83)89-76-75(85)74(84)72(67-80)88-78(76)87-68-69(70(81)64-61-58-55-52-49-21-18-15-12-9-6-3)79-77(86)71(82)65-62-59-56-53-50-47-45-43-41-39-33-31-29-27-25-23-20-17-14-11-8-5-2/h25,27,61,64,69-72,74-76,78,80-82,84-85H,4-24,26,28-60,62-63,65-68H2,1-3H3,(H,79,86)/b27-25+,64-61+. The molecule has 0 saturated carbocycles. The van der Waals surface area contributed by atoms with E-state index in [9.17, 15) is 35.1 Å². The zero-order valence-corrected chi connectivity index (χ0v) is 58.8. The molecule has 1 heterocycles. The molecule has 526 valence electrons. The molecule has 0 bridgehead atoms. The topological polar surface area (TPSA) is 175 Å². The Balaban J connectivity index is 2.47. The van der Waals surface area contributed by atoms with Gasteiger partial charge in [-0.2, -0.15) is 0 Å². The summed E-state index contributed by atoms with van der Waals surface area (Å²) >= 11 is 0. The lowest BCUT2D eigenvalue weighted by atomic mass is 9.99. The summed E-state index contributed by atoms with van der Waals surface area (Å²) in [4.78, 5) is 26.7. The molecule has 0 radical (unpaired) electrons. The van der Waals surface area contributed by atoms with Crippen molar-refractivity contribution >= 4 is 11.9 Å². The molecule has 0 aromatic rings. The second-order valence-electron chi connectivity index (χ2n) is 27.5. The highest BCUT2D eigenvalue weighted by Gasteiger charge is 2.47. The maximum absolute atomic E-state index is 13.5. The van der Waals surface area contributed by atoms with Gasteiger partial charge < -0.3 is 45.1 Å². The Morgan fingerprint density at radius 3 is 1.09 bits per heavy atom. The van der Waals surface area contributed by atoms with Crippen molar-refractivity contribution in [2.24, 2.45) is 0 Å². The molecule has 0 aromatic carbocycles. The van der Waals surface area contributed by atoms with Crippen molar-refractivity contribution in [2.75, 3.05) is 13.2 Å². The van der Waals surface area contributed by atoms with Crippen molar-refractivity contribution in [2.45, 2.75) is 449 Å². The number of aliphatic hydroxyl groups is 5. The van der Waals surface area contributed by atoms with E-state index in [1.54, 1.807) is 6.08 Å². The molecule has 0 spiro atoms. The number of ether oxygens (including phenoxy) is 3. The largest absolute Gasteiger partial charge is 0.454 e. The minimum atomic E-state index is -1.61. The lowest BCUT2D eigenvalue weighted by Gasteiger charge is -2.41. The monoisotopic (exact) mass is 1260 g/mol. The van der Waals surface area contributed by atoms with Crippen LogP contribution in [0.15, 0.2) is 24.3 Å². The number of rotatable bonds is 69. The molecule has 89 heavy (non-hydrogen) atoms. The number of unbranched alkanes of at least 4 members (excludes halogenated alkanes) is 53. The molecule has 8 atom stereocenters. The Kier molecular flexibility index (Phi) is 63.3. The Morgan fingerprint density at radius 2 is 0.742 bits per heavy atom. The maximum atomic E-state index is 13.5. The number of nitrogens with one attached hydrogen (secondary N) is 1. The number of allylic oxidation sites excluding steroid dienone is 3. The number of aliphatic hydroxyl groups excluding tert-OH is 5. The maximum Gasteiger partial charge on any atom is 0.306 e. The minimum absolute atomic E-state index is 0.131. The van der Waals surface area contributed by atoms with Crippen LogP contribution in [0.25, 0.3) is 0 Å². The van der Waals surface area contributed by atoms with Crippen LogP contribution in [0, 0.1) is 0 Å². The van der Waals surface area contributed by atoms with E-state index in [1.165, 1.54) is 295 Å². The van der Waals surface area contributed by atoms with Crippen LogP contribution in [-0.2, 0) is 23.8 Å². The lowest BCUT2D eigenvalue weighted by Crippen LogP contribution is -2.61. The number of hydrogen-bond acceptors (Lipinski definition) is 10. The SMILES string of the molecule is CCCCCCCC/C=C/CCCCCCCCCCCCCCC(O)C(=O)NC(COC1OC(CO)C(O)C(O)C1OC(=O)CCCCCCCCCCCCCCCCCCCCCCCCCCCCC)C(O)/C=C/CCCCCCCCCCC. The first-order chi connectivity index (χ1) is 43.7. The fourth-order valence-electron chi connectivity index (χ4n) is 12.7. The summed E-state index contributed by atoms with van der Waals surface area (Å²) in [7, 11) is 0. The van der Waals surface area contributed by atoms with Crippen LogP contribution in [0.1, 0.15) is 400 Å². The Labute approximate surface area is 550 Å². The minimum Gasteiger partial charge on any atom is -0.454 e. The van der Waals surface area contributed by atoms with Gasteiger partial charge in [0.1, 0.15) is 24.4 Å². The van der Waals surface area contributed by atoms with Gasteiger partial charge >= 0.3 is 5.97 Å². The Morgan fingerprint density at radius 1 is 0.427 bits per heavy atom. The quantitative estimate of drug-likeness (QED) is 0.0195. The normalized spacial score (nSPS) is 18.1. The average Bonchev–Trinajstić information content (AvgIpc) is 2.36. The van der Waals surface area contributed by atoms with Gasteiger partial charge in [-0.3, -0.25) is 9.59 Å². The van der Waals surface area contributed by atoms with Crippen LogP contribution in [0.4, 0.5) is 0 Å². The van der Waals surface area contributed by atoms with Gasteiger partial charge in [0.25, 0.3) is 0 Å². The summed E-state index contributed by atoms with van der Waals surface area (Å²) in [5.74, 6) is -1.17. The molecule has 1 saturated heterocycles. The molecule has 6 N–H and O–H groups in total. The van der Waals surface area contributed by atoms with Crippen molar-refractivity contribution in [3.8, 4) is 0 Å². The lowest BCUT2D eigenvalue weighted by molar-refractivity contribution is -0.305. The van der Waals surface area contributed by atoms with Gasteiger partial charge in [0.15, 0.2) is 12.4 Å². The average molecular weight is 1260 g/mol. The van der Waals surface area contributed by atoms with Crippen LogP contribution >= 0.6 is 0 Å². The molecule has 11 heteroatoms. The Hall–Kier alpha value is -1.86. The van der Waals surface area contributed by atoms with E-state index in [0.29, 0.717) is 19.3 Å². The van der Waals surface area contributed by atoms with E-state index < -0.39 is 67.4 Å². The van der Waals surface area contributed by atoms with Crippen LogP contribution in [0.3, 0.4) is 0 Å². The zero-order chi connectivity index (χ0) is 64.6. The molecule has 0 aliphatic carbocycles. The van der Waals surface area contributed by atoms with Gasteiger partial charge in [-0.25, -0.2) is 0 Å². The van der Waals surface area contributed by atoms with E-state index in [0.717, 1.165) is 57.8 Å². The summed E-state index contributed by atoms with van der Waals surface area (Å²) in [6.07, 6.45) is 71.0. The fourth-order valence-corrected chi connectivity index (χ4v) is 12.7. The first kappa shape index (κ1) is 85.2. The highest BCUT2D eigenvalue weighted by Crippen LogP contribution is 2.27. The number of hydrogen-bond donors (Lipinski definition) is 6. The fraction of sp³-hybridized carbons (Fsp3) is 0.923. The number of amides is 1. The Bertz CT molecular complexity index is 1550. The highest BCUT2D eigenvalue weighted by atomic mass is 16.7. The van der Waals surface area contributed by atoms with Gasteiger partial charge in [0, 0.05) is 6.42 Å². The summed E-state index contributed by atoms with van der Waals surface area (Å²) in [6, 6.07) is -1.02. The summed E-state index contributed by atoms with van der Waals surface area (Å²) < 4.78 is 17.7. The summed E-state index contributed by atoms with van der Waals surface area (Å²) in [5.41, 5.74) is 0. The molecule has 8 unspecified atom stereocenters. The molecular weight excluding hydrogens is 1110 g/mol. The van der Waals surface area contributed by atoms with Gasteiger partial charge in [-0.15, -0.1) is 0 Å². The predicted octanol–water partition coefficient (Wildman–Crippen LogP) is 20.7. The van der Waals surface area contributed by atoms with E-state index in [4.69, 9.17) is 14.2 Å². The zero-order valence-electron chi connectivity index (χ0n) is 58.8. The molecule has 1 amide bonds. The van der Waals surface area contributed by atoms with E-state index >= 15 is 0 Å². The molecule has 1 rings (SSSR count). The van der Waals surface area contributed by atoms with Crippen molar-refractivity contribution in [3.05, 3.63) is 24.3 Å². The van der Waals surface area contributed by atoms with Crippen molar-refractivity contribution in [1.29, 1.82) is 0 Å². The molecule has 11 nitrogen and oxygen atoms in total. The van der Waals surface area contributed by atoms with E-state index in [-0.39, 0.29) is 13.0 Å². The first-order valence-electron chi connectivity index (χ1n) is 39.1. The van der Waals surface area contributed by atoms with Crippen LogP contribution in [-0.4, -0.2) is 99.6 Å². The van der Waals surface area contributed by atoms with Crippen molar-refractivity contribution in [1.82, 2.24) is 5.32 Å². The predicted molar refractivity (Wildman–Crippen MR) is 375 cm³/mol. The van der Waals surface area contributed by atoms with Crippen LogP contribution in [0.5, 0.6) is 0 Å². The molecule has 0 aromatic heterocycles. The number of carbonyl (C=O) groups excluding carboxylic acids is 2. The first-order valence-corrected chi connectivity index (χ1v) is 39.1. The third-order valence-corrected chi connectivity index (χ3v) is 18.9. The van der Waals surface area contributed by atoms with Gasteiger partial charge in [0.05, 0.1) is 25.4 Å². The van der Waals surface area contributed by atoms with Crippen molar-refractivity contribution < 1.29 is 49.3 Å². The number of esters is 1. The molecule has 1 aliphatic rings. The third-order valence-electron chi connectivity index (χ3n) is 18.9. The molecule has 1 aliphatic heterocycles. The highest BCUT2D eigenvalue weighted by molar-refractivity contribution is 5.80. The summed E-state index contributed by atoms with van der Waals surface area (Å²) in [5, 5.41) is 57.3. The third kappa shape index (κ3) is 53.1. The van der Waals surface area contributed by atoms with Crippen LogP contribution in [0.2, 0.25) is 0 Å². The van der Waals surface area contributed by atoms with E-state index in [2.05, 4.69) is 38.2 Å². The molecule has 1 fully saturated rings. The van der Waals surface area contributed by atoms with Gasteiger partial charge in [-0.1, -0.05) is 366 Å². The number of carbonyl (C=O) groups is 2. The second-order valence-corrected chi connectivity index (χ2v) is 27.5. The van der Waals surface area contributed by atoms with Gasteiger partial charge in [-0.05, 0) is 51.4 Å².